The molecule has 0 atom stereocenters. The average Bonchev–Trinajstić information content (AvgIpc) is 2.89. The number of azo groups is 1. The summed E-state index contributed by atoms with van der Waals surface area (Å²) in [5.74, 6) is 0.776. The first-order valence-corrected chi connectivity index (χ1v) is 8.34. The summed E-state index contributed by atoms with van der Waals surface area (Å²) in [4.78, 5) is 6.85. The number of hydrogen-bond acceptors (Lipinski definition) is 4. The van der Waals surface area contributed by atoms with Crippen molar-refractivity contribution in [2.45, 2.75) is 27.7 Å². The van der Waals surface area contributed by atoms with Gasteiger partial charge in [-0.05, 0) is 69.7 Å². The minimum absolute atomic E-state index is 0.776. The summed E-state index contributed by atoms with van der Waals surface area (Å²) in [5, 5.41) is 8.80. The number of anilines is 1. The standard InChI is InChI=1S/C19H23N5/c1-5-23(6-2)17-9-7-16(8-10-17)21-22-19-15(4)20-18-13-14(3)11-12-24(18)19/h7-13H,5-6H2,1-4H3. The summed E-state index contributed by atoms with van der Waals surface area (Å²) in [7, 11) is 0. The molecule has 0 saturated carbocycles. The smallest absolute Gasteiger partial charge is 0.182 e. The molecule has 0 amide bonds. The lowest BCUT2D eigenvalue weighted by Crippen LogP contribution is -2.21. The Balaban J connectivity index is 1.87. The maximum Gasteiger partial charge on any atom is 0.182 e. The van der Waals surface area contributed by atoms with Crippen LogP contribution in [0.1, 0.15) is 25.1 Å². The molecule has 3 aromatic rings. The normalized spacial score (nSPS) is 11.5. The van der Waals surface area contributed by atoms with E-state index in [1.54, 1.807) is 0 Å². The van der Waals surface area contributed by atoms with Gasteiger partial charge in [0, 0.05) is 25.0 Å². The molecule has 5 nitrogen and oxygen atoms in total. The fourth-order valence-electron chi connectivity index (χ4n) is 2.80. The van der Waals surface area contributed by atoms with Crippen LogP contribution in [0.15, 0.2) is 52.8 Å². The number of pyridine rings is 1. The first kappa shape index (κ1) is 16.2. The summed E-state index contributed by atoms with van der Waals surface area (Å²) in [6, 6.07) is 12.3. The Labute approximate surface area is 142 Å². The zero-order valence-electron chi connectivity index (χ0n) is 14.7. The average molecular weight is 321 g/mol. The second kappa shape index (κ2) is 6.83. The van der Waals surface area contributed by atoms with E-state index >= 15 is 0 Å². The lowest BCUT2D eigenvalue weighted by Gasteiger charge is -2.20. The van der Waals surface area contributed by atoms with Crippen LogP contribution in [0.5, 0.6) is 0 Å². The van der Waals surface area contributed by atoms with Crippen LogP contribution in [-0.4, -0.2) is 22.5 Å². The van der Waals surface area contributed by atoms with Gasteiger partial charge in [-0.2, -0.15) is 0 Å². The number of fused-ring (bicyclic) bond motifs is 1. The molecular formula is C19H23N5. The van der Waals surface area contributed by atoms with Gasteiger partial charge in [-0.3, -0.25) is 4.40 Å². The molecule has 0 saturated heterocycles. The Kier molecular flexibility index (Phi) is 4.60. The van der Waals surface area contributed by atoms with Crippen LogP contribution >= 0.6 is 0 Å². The third-order valence-corrected chi connectivity index (χ3v) is 4.16. The van der Waals surface area contributed by atoms with Crippen molar-refractivity contribution in [1.29, 1.82) is 0 Å². The monoisotopic (exact) mass is 321 g/mol. The van der Waals surface area contributed by atoms with Gasteiger partial charge in [0.15, 0.2) is 5.82 Å². The van der Waals surface area contributed by atoms with E-state index in [1.807, 2.05) is 41.8 Å². The number of benzene rings is 1. The van der Waals surface area contributed by atoms with Crippen LogP contribution in [-0.2, 0) is 0 Å². The van der Waals surface area contributed by atoms with Crippen LogP contribution in [0, 0.1) is 13.8 Å². The third kappa shape index (κ3) is 3.15. The summed E-state index contributed by atoms with van der Waals surface area (Å²) < 4.78 is 1.97. The Bertz CT molecular complexity index is 857. The van der Waals surface area contributed by atoms with E-state index in [0.717, 1.165) is 35.9 Å². The van der Waals surface area contributed by atoms with E-state index < -0.39 is 0 Å². The number of imidazole rings is 1. The van der Waals surface area contributed by atoms with Gasteiger partial charge in [-0.1, -0.05) is 0 Å². The van der Waals surface area contributed by atoms with E-state index in [9.17, 15) is 0 Å². The summed E-state index contributed by atoms with van der Waals surface area (Å²) in [5.41, 5.74) is 5.01. The minimum Gasteiger partial charge on any atom is -0.372 e. The van der Waals surface area contributed by atoms with Gasteiger partial charge >= 0.3 is 0 Å². The van der Waals surface area contributed by atoms with Gasteiger partial charge < -0.3 is 4.90 Å². The fourth-order valence-corrected chi connectivity index (χ4v) is 2.80. The van der Waals surface area contributed by atoms with Crippen molar-refractivity contribution in [3.05, 3.63) is 53.9 Å². The number of aromatic nitrogens is 2. The van der Waals surface area contributed by atoms with Crippen molar-refractivity contribution >= 4 is 22.8 Å². The predicted octanol–water partition coefficient (Wildman–Crippen LogP) is 5.21. The zero-order valence-corrected chi connectivity index (χ0v) is 14.7. The van der Waals surface area contributed by atoms with Gasteiger partial charge in [-0.15, -0.1) is 10.2 Å². The SMILES string of the molecule is CCN(CC)c1ccc(N=Nc2c(C)nc3cc(C)ccn23)cc1. The van der Waals surface area contributed by atoms with Crippen molar-refractivity contribution in [2.75, 3.05) is 18.0 Å². The molecular weight excluding hydrogens is 298 g/mol. The van der Waals surface area contributed by atoms with Crippen molar-refractivity contribution in [2.24, 2.45) is 10.2 Å². The molecule has 5 heteroatoms. The molecule has 0 fully saturated rings. The van der Waals surface area contributed by atoms with Crippen molar-refractivity contribution in [3.8, 4) is 0 Å². The van der Waals surface area contributed by atoms with Gasteiger partial charge in [0.05, 0.1) is 11.4 Å². The van der Waals surface area contributed by atoms with Gasteiger partial charge in [0.1, 0.15) is 5.65 Å². The van der Waals surface area contributed by atoms with Gasteiger partial charge in [0.2, 0.25) is 0 Å². The lowest BCUT2D eigenvalue weighted by atomic mass is 10.2. The lowest BCUT2D eigenvalue weighted by molar-refractivity contribution is 0.866. The largest absolute Gasteiger partial charge is 0.372 e. The molecule has 0 N–H and O–H groups in total. The Morgan fingerprint density at radius 1 is 1.00 bits per heavy atom. The highest BCUT2D eigenvalue weighted by molar-refractivity contribution is 5.54. The number of nitrogens with zero attached hydrogens (tertiary/aromatic N) is 5. The summed E-state index contributed by atoms with van der Waals surface area (Å²) in [6.07, 6.45) is 1.99. The second-order valence-corrected chi connectivity index (χ2v) is 5.84. The number of rotatable bonds is 5. The van der Waals surface area contributed by atoms with Gasteiger partial charge in [-0.25, -0.2) is 4.98 Å². The van der Waals surface area contributed by atoms with E-state index in [-0.39, 0.29) is 0 Å². The number of hydrogen-bond donors (Lipinski definition) is 0. The maximum atomic E-state index is 4.55. The predicted molar refractivity (Wildman–Crippen MR) is 98.8 cm³/mol. The highest BCUT2D eigenvalue weighted by atomic mass is 15.2. The van der Waals surface area contributed by atoms with E-state index in [0.29, 0.717) is 0 Å². The summed E-state index contributed by atoms with van der Waals surface area (Å²) >= 11 is 0. The molecule has 0 aliphatic carbocycles. The molecule has 2 heterocycles. The molecule has 2 aromatic heterocycles. The minimum atomic E-state index is 0.776. The molecule has 0 aliphatic heterocycles. The molecule has 24 heavy (non-hydrogen) atoms. The maximum absolute atomic E-state index is 4.55. The highest BCUT2D eigenvalue weighted by Gasteiger charge is 2.08. The Hall–Kier alpha value is -2.69. The molecule has 1 aromatic carbocycles. The van der Waals surface area contributed by atoms with Gasteiger partial charge in [0.25, 0.3) is 0 Å². The van der Waals surface area contributed by atoms with Crippen LogP contribution in [0.25, 0.3) is 5.65 Å². The zero-order chi connectivity index (χ0) is 17.1. The van der Waals surface area contributed by atoms with Crippen LogP contribution in [0.4, 0.5) is 17.2 Å². The first-order valence-electron chi connectivity index (χ1n) is 8.34. The fraction of sp³-hybridized carbons (Fsp3) is 0.316. The topological polar surface area (TPSA) is 45.3 Å². The Morgan fingerprint density at radius 3 is 2.38 bits per heavy atom. The van der Waals surface area contributed by atoms with Crippen molar-refractivity contribution < 1.29 is 0 Å². The second-order valence-electron chi connectivity index (χ2n) is 5.84. The number of aryl methyl sites for hydroxylation is 2. The van der Waals surface area contributed by atoms with Crippen LogP contribution < -0.4 is 4.90 Å². The highest BCUT2D eigenvalue weighted by Crippen LogP contribution is 2.25. The van der Waals surface area contributed by atoms with Crippen LogP contribution in [0.2, 0.25) is 0 Å². The van der Waals surface area contributed by atoms with Crippen molar-refractivity contribution in [1.82, 2.24) is 9.38 Å². The molecule has 124 valence electrons. The molecule has 0 unspecified atom stereocenters. The van der Waals surface area contributed by atoms with E-state index in [2.05, 4.69) is 53.0 Å². The molecule has 3 rings (SSSR count). The molecule has 0 bridgehead atoms. The van der Waals surface area contributed by atoms with E-state index in [4.69, 9.17) is 0 Å². The molecule has 0 aliphatic rings. The summed E-state index contributed by atoms with van der Waals surface area (Å²) in [6.45, 7) is 10.3. The molecule has 0 radical (unpaired) electrons. The first-order chi connectivity index (χ1) is 11.6. The Morgan fingerprint density at radius 2 is 1.71 bits per heavy atom. The van der Waals surface area contributed by atoms with Crippen molar-refractivity contribution in [3.63, 3.8) is 0 Å². The third-order valence-electron chi connectivity index (χ3n) is 4.16. The van der Waals surface area contributed by atoms with Crippen LogP contribution in [0.3, 0.4) is 0 Å². The molecule has 0 spiro atoms. The van der Waals surface area contributed by atoms with E-state index in [1.165, 1.54) is 11.3 Å². The quantitative estimate of drug-likeness (QED) is 0.605.